The molecule has 2 aromatic heterocycles. The second-order valence-corrected chi connectivity index (χ2v) is 8.63. The van der Waals surface area contributed by atoms with E-state index < -0.39 is 0 Å². The Labute approximate surface area is 196 Å². The fourth-order valence-corrected chi connectivity index (χ4v) is 5.08. The Hall–Kier alpha value is -3.78. The van der Waals surface area contributed by atoms with Crippen molar-refractivity contribution in [3.63, 3.8) is 0 Å². The van der Waals surface area contributed by atoms with Gasteiger partial charge in [0.25, 0.3) is 0 Å². The highest BCUT2D eigenvalue weighted by molar-refractivity contribution is 5.85. The third-order valence-electron chi connectivity index (χ3n) is 6.96. The Balaban J connectivity index is 1.53. The van der Waals surface area contributed by atoms with E-state index in [0.717, 1.165) is 24.0 Å². The van der Waals surface area contributed by atoms with E-state index in [9.17, 15) is 0 Å². The van der Waals surface area contributed by atoms with Gasteiger partial charge in [-0.1, -0.05) is 74.5 Å². The largest absolute Gasteiger partial charge is 0.265 e. The van der Waals surface area contributed by atoms with Crippen LogP contribution in [0.1, 0.15) is 60.1 Å². The van der Waals surface area contributed by atoms with Crippen LogP contribution in [-0.2, 0) is 5.41 Å². The molecule has 1 aliphatic rings. The minimum Gasteiger partial charge on any atom is -0.265 e. The molecular weight excluding hydrogens is 400 g/mol. The monoisotopic (exact) mass is 428 g/mol. The van der Waals surface area contributed by atoms with Gasteiger partial charge in [0.15, 0.2) is 0 Å². The summed E-state index contributed by atoms with van der Waals surface area (Å²) in [5, 5.41) is 0. The summed E-state index contributed by atoms with van der Waals surface area (Å²) in [6.07, 6.45) is 18.2. The van der Waals surface area contributed by atoms with Gasteiger partial charge in [-0.15, -0.1) is 0 Å². The SMILES string of the molecule is CCC1(CC)c2cc(/C=C/c3ccncc3)ccc2-c2ccc(/C=C/c3ccncc3)cc21. The number of fused-ring (bicyclic) bond motifs is 3. The normalized spacial score (nSPS) is 14.0. The molecule has 4 aromatic rings. The summed E-state index contributed by atoms with van der Waals surface area (Å²) in [7, 11) is 0. The maximum absolute atomic E-state index is 4.11. The van der Waals surface area contributed by atoms with Gasteiger partial charge in [-0.25, -0.2) is 0 Å². The van der Waals surface area contributed by atoms with E-state index >= 15 is 0 Å². The maximum atomic E-state index is 4.11. The van der Waals surface area contributed by atoms with Crippen LogP contribution in [0.2, 0.25) is 0 Å². The minimum atomic E-state index is 0.0473. The van der Waals surface area contributed by atoms with E-state index in [1.165, 1.54) is 33.4 Å². The summed E-state index contributed by atoms with van der Waals surface area (Å²) in [6, 6.07) is 22.0. The molecule has 2 nitrogen and oxygen atoms in total. The lowest BCUT2D eigenvalue weighted by molar-refractivity contribution is 0.490. The van der Waals surface area contributed by atoms with Crippen LogP contribution in [0.4, 0.5) is 0 Å². The van der Waals surface area contributed by atoms with Gasteiger partial charge in [-0.05, 0) is 81.6 Å². The van der Waals surface area contributed by atoms with Crippen LogP contribution in [0, 0.1) is 0 Å². The third kappa shape index (κ3) is 3.93. The van der Waals surface area contributed by atoms with Gasteiger partial charge in [0.1, 0.15) is 0 Å². The zero-order chi connectivity index (χ0) is 22.7. The first-order valence-electron chi connectivity index (χ1n) is 11.7. The second-order valence-electron chi connectivity index (χ2n) is 8.63. The molecule has 2 heterocycles. The summed E-state index contributed by atoms with van der Waals surface area (Å²) in [4.78, 5) is 8.22. The Morgan fingerprint density at radius 3 is 1.33 bits per heavy atom. The van der Waals surface area contributed by atoms with E-state index in [1.54, 1.807) is 0 Å². The van der Waals surface area contributed by atoms with Crippen molar-refractivity contribution < 1.29 is 0 Å². The first-order valence-corrected chi connectivity index (χ1v) is 11.7. The molecule has 33 heavy (non-hydrogen) atoms. The number of hydrogen-bond donors (Lipinski definition) is 0. The highest BCUT2D eigenvalue weighted by Gasteiger charge is 2.40. The Bertz CT molecular complexity index is 1210. The standard InChI is InChI=1S/C31H28N2/c1-3-31(4-2)29-21-25(7-5-23-13-17-32-18-14-23)9-11-27(29)28-12-10-26(22-30(28)31)8-6-24-15-19-33-20-16-24/h5-22H,3-4H2,1-2H3/b7-5+,8-6+. The molecule has 0 amide bonds. The number of rotatable bonds is 6. The lowest BCUT2D eigenvalue weighted by Gasteiger charge is -2.30. The first kappa shape index (κ1) is 21.1. The number of aromatic nitrogens is 2. The average Bonchev–Trinajstić information content (AvgIpc) is 3.16. The van der Waals surface area contributed by atoms with Gasteiger partial charge in [0.05, 0.1) is 0 Å². The summed E-state index contributed by atoms with van der Waals surface area (Å²) >= 11 is 0. The van der Waals surface area contributed by atoms with Crippen molar-refractivity contribution in [3.8, 4) is 11.1 Å². The van der Waals surface area contributed by atoms with Gasteiger partial charge in [0, 0.05) is 30.2 Å². The molecule has 0 spiro atoms. The molecule has 1 aliphatic carbocycles. The molecule has 5 rings (SSSR count). The lowest BCUT2D eigenvalue weighted by Crippen LogP contribution is -2.23. The van der Waals surface area contributed by atoms with Crippen molar-refractivity contribution in [2.75, 3.05) is 0 Å². The summed E-state index contributed by atoms with van der Waals surface area (Å²) in [5.74, 6) is 0. The van der Waals surface area contributed by atoms with Gasteiger partial charge >= 0.3 is 0 Å². The average molecular weight is 429 g/mol. The highest BCUT2D eigenvalue weighted by Crippen LogP contribution is 2.53. The molecule has 0 fully saturated rings. The van der Waals surface area contributed by atoms with E-state index in [1.807, 2.05) is 49.1 Å². The summed E-state index contributed by atoms with van der Waals surface area (Å²) < 4.78 is 0. The Morgan fingerprint density at radius 1 is 0.545 bits per heavy atom. The van der Waals surface area contributed by atoms with Crippen molar-refractivity contribution in [2.45, 2.75) is 32.1 Å². The van der Waals surface area contributed by atoms with Gasteiger partial charge in [-0.2, -0.15) is 0 Å². The Morgan fingerprint density at radius 2 is 0.939 bits per heavy atom. The molecular formula is C31H28N2. The van der Waals surface area contributed by atoms with E-state index in [-0.39, 0.29) is 5.41 Å². The van der Waals surface area contributed by atoms with Crippen molar-refractivity contribution >= 4 is 24.3 Å². The molecule has 0 unspecified atom stereocenters. The van der Waals surface area contributed by atoms with Crippen LogP contribution >= 0.6 is 0 Å². The summed E-state index contributed by atoms with van der Waals surface area (Å²) in [5.41, 5.74) is 10.5. The van der Waals surface area contributed by atoms with Gasteiger partial charge in [0.2, 0.25) is 0 Å². The van der Waals surface area contributed by atoms with Crippen molar-refractivity contribution in [1.29, 1.82) is 0 Å². The molecule has 0 N–H and O–H groups in total. The second kappa shape index (κ2) is 8.99. The molecule has 0 bridgehead atoms. The van der Waals surface area contributed by atoms with Crippen molar-refractivity contribution in [3.05, 3.63) is 119 Å². The molecule has 0 atom stereocenters. The van der Waals surface area contributed by atoms with Crippen molar-refractivity contribution in [2.24, 2.45) is 0 Å². The number of benzene rings is 2. The third-order valence-corrected chi connectivity index (χ3v) is 6.96. The van der Waals surface area contributed by atoms with Crippen LogP contribution < -0.4 is 0 Å². The fraction of sp³-hybridized carbons (Fsp3) is 0.161. The number of pyridine rings is 2. The maximum Gasteiger partial charge on any atom is 0.0273 e. The predicted octanol–water partition coefficient (Wildman–Crippen LogP) is 7.90. The number of nitrogens with zero attached hydrogens (tertiary/aromatic N) is 2. The quantitative estimate of drug-likeness (QED) is 0.312. The van der Waals surface area contributed by atoms with Crippen LogP contribution in [0.3, 0.4) is 0 Å². The van der Waals surface area contributed by atoms with E-state index in [2.05, 4.69) is 84.5 Å². The molecule has 2 aromatic carbocycles. The van der Waals surface area contributed by atoms with Gasteiger partial charge in [-0.3, -0.25) is 9.97 Å². The topological polar surface area (TPSA) is 25.8 Å². The zero-order valence-corrected chi connectivity index (χ0v) is 19.2. The van der Waals surface area contributed by atoms with E-state index in [0.29, 0.717) is 0 Å². The number of hydrogen-bond acceptors (Lipinski definition) is 2. The highest BCUT2D eigenvalue weighted by atomic mass is 14.6. The molecule has 2 heteroatoms. The first-order chi connectivity index (χ1) is 16.2. The fourth-order valence-electron chi connectivity index (χ4n) is 5.08. The molecule has 0 saturated heterocycles. The van der Waals surface area contributed by atoms with Gasteiger partial charge < -0.3 is 0 Å². The van der Waals surface area contributed by atoms with Crippen molar-refractivity contribution in [1.82, 2.24) is 9.97 Å². The summed E-state index contributed by atoms with van der Waals surface area (Å²) in [6.45, 7) is 4.64. The predicted molar refractivity (Wildman–Crippen MR) is 140 cm³/mol. The molecule has 0 aliphatic heterocycles. The zero-order valence-electron chi connectivity index (χ0n) is 19.2. The minimum absolute atomic E-state index is 0.0473. The molecule has 0 radical (unpaired) electrons. The molecule has 0 saturated carbocycles. The smallest absolute Gasteiger partial charge is 0.0273 e. The van der Waals surface area contributed by atoms with Crippen LogP contribution in [0.5, 0.6) is 0 Å². The van der Waals surface area contributed by atoms with E-state index in [4.69, 9.17) is 0 Å². The van der Waals surface area contributed by atoms with Crippen LogP contribution in [0.15, 0.2) is 85.5 Å². The lowest BCUT2D eigenvalue weighted by atomic mass is 9.73. The Kier molecular flexibility index (Phi) is 5.75. The van der Waals surface area contributed by atoms with Crippen LogP contribution in [0.25, 0.3) is 35.4 Å². The molecule has 162 valence electrons. The van der Waals surface area contributed by atoms with Crippen LogP contribution in [-0.4, -0.2) is 9.97 Å².